The van der Waals surface area contributed by atoms with Crippen LogP contribution in [0.1, 0.15) is 55.4 Å². The number of halogens is 2. The van der Waals surface area contributed by atoms with Gasteiger partial charge in [0.1, 0.15) is 0 Å². The van der Waals surface area contributed by atoms with Gasteiger partial charge in [0.2, 0.25) is 0 Å². The van der Waals surface area contributed by atoms with Crippen molar-refractivity contribution in [1.82, 2.24) is 0 Å². The van der Waals surface area contributed by atoms with Crippen LogP contribution >= 0.6 is 0 Å². The third-order valence-corrected chi connectivity index (χ3v) is 11.3. The van der Waals surface area contributed by atoms with E-state index in [1.54, 1.807) is 41.5 Å². The maximum Gasteiger partial charge on any atom is 0.510 e. The quantitative estimate of drug-likeness (QED) is 0.335. The average molecular weight is 433 g/mol. The van der Waals surface area contributed by atoms with Crippen LogP contribution in [0.5, 0.6) is 0 Å². The highest BCUT2D eigenvalue weighted by Crippen LogP contribution is 2.50. The molecule has 6 nitrogen and oxygen atoms in total. The van der Waals surface area contributed by atoms with Gasteiger partial charge in [-0.1, -0.05) is 13.8 Å². The SMILES string of the molecule is CCO[Si](OCC)(OCC)C(C)C(F)(F)C(C)[Si](OCC)(OCC)OCC. The minimum absolute atomic E-state index is 0.228. The molecular formula is C17H38F2O6Si2. The Hall–Kier alpha value is 0.0538. The molecule has 0 aromatic rings. The third-order valence-electron chi connectivity index (χ3n) is 4.29. The lowest BCUT2D eigenvalue weighted by Gasteiger charge is -2.43. The highest BCUT2D eigenvalue weighted by molar-refractivity contribution is 6.65. The first-order valence-corrected chi connectivity index (χ1v) is 13.5. The van der Waals surface area contributed by atoms with E-state index < -0.39 is 34.6 Å². The van der Waals surface area contributed by atoms with Crippen LogP contribution in [-0.4, -0.2) is 63.2 Å². The molecule has 0 aliphatic rings. The topological polar surface area (TPSA) is 55.4 Å². The highest BCUT2D eigenvalue weighted by Gasteiger charge is 2.67. The highest BCUT2D eigenvalue weighted by atomic mass is 28.4. The summed E-state index contributed by atoms with van der Waals surface area (Å²) >= 11 is 0. The first-order chi connectivity index (χ1) is 12.7. The summed E-state index contributed by atoms with van der Waals surface area (Å²) in [7, 11) is -7.28. The second-order valence-electron chi connectivity index (χ2n) is 5.92. The second kappa shape index (κ2) is 12.6. The van der Waals surface area contributed by atoms with Crippen molar-refractivity contribution in [2.45, 2.75) is 72.4 Å². The minimum Gasteiger partial charge on any atom is -0.373 e. The summed E-state index contributed by atoms with van der Waals surface area (Å²) in [5.74, 6) is -3.24. The van der Waals surface area contributed by atoms with Gasteiger partial charge in [-0.3, -0.25) is 0 Å². The molecule has 0 spiro atoms. The Kier molecular flexibility index (Phi) is 12.6. The molecule has 0 saturated heterocycles. The zero-order chi connectivity index (χ0) is 21.1. The molecule has 0 N–H and O–H groups in total. The number of hydrogen-bond donors (Lipinski definition) is 0. The van der Waals surface area contributed by atoms with Gasteiger partial charge >= 0.3 is 17.6 Å². The molecule has 0 bridgehead atoms. The Morgan fingerprint density at radius 1 is 0.556 bits per heavy atom. The van der Waals surface area contributed by atoms with E-state index in [0.29, 0.717) is 0 Å². The van der Waals surface area contributed by atoms with E-state index in [9.17, 15) is 0 Å². The summed E-state index contributed by atoms with van der Waals surface area (Å²) < 4.78 is 65.7. The molecule has 10 heteroatoms. The molecule has 0 rings (SSSR count). The number of alkyl halides is 2. The van der Waals surface area contributed by atoms with Crippen LogP contribution in [0.2, 0.25) is 11.1 Å². The lowest BCUT2D eigenvalue weighted by Crippen LogP contribution is -2.61. The molecule has 0 saturated carbocycles. The molecule has 164 valence electrons. The predicted octanol–water partition coefficient (Wildman–Crippen LogP) is 4.50. The fourth-order valence-electron chi connectivity index (χ4n) is 3.05. The van der Waals surface area contributed by atoms with E-state index in [0.717, 1.165) is 0 Å². The van der Waals surface area contributed by atoms with Gasteiger partial charge in [-0.15, -0.1) is 0 Å². The van der Waals surface area contributed by atoms with E-state index >= 15 is 8.78 Å². The normalized spacial score (nSPS) is 15.8. The van der Waals surface area contributed by atoms with Gasteiger partial charge in [-0.2, -0.15) is 0 Å². The van der Waals surface area contributed by atoms with Crippen molar-refractivity contribution in [3.8, 4) is 0 Å². The largest absolute Gasteiger partial charge is 0.510 e. The van der Waals surface area contributed by atoms with E-state index in [2.05, 4.69) is 0 Å². The predicted molar refractivity (Wildman–Crippen MR) is 105 cm³/mol. The minimum atomic E-state index is -3.64. The number of rotatable bonds is 16. The summed E-state index contributed by atoms with van der Waals surface area (Å²) in [6.07, 6.45) is 0. The summed E-state index contributed by atoms with van der Waals surface area (Å²) in [6.45, 7) is 14.7. The van der Waals surface area contributed by atoms with Crippen molar-refractivity contribution in [2.75, 3.05) is 39.6 Å². The Morgan fingerprint density at radius 3 is 0.889 bits per heavy atom. The summed E-state index contributed by atoms with van der Waals surface area (Å²) in [5, 5.41) is 0. The smallest absolute Gasteiger partial charge is 0.373 e. The fraction of sp³-hybridized carbons (Fsp3) is 1.00. The summed E-state index contributed by atoms with van der Waals surface area (Å²) in [6, 6.07) is 0. The van der Waals surface area contributed by atoms with Gasteiger partial charge in [0.05, 0.1) is 11.1 Å². The monoisotopic (exact) mass is 432 g/mol. The van der Waals surface area contributed by atoms with Gasteiger partial charge in [0, 0.05) is 39.6 Å². The summed E-state index contributed by atoms with van der Waals surface area (Å²) in [4.78, 5) is 0. The van der Waals surface area contributed by atoms with Crippen LogP contribution in [-0.2, 0) is 26.6 Å². The van der Waals surface area contributed by atoms with Crippen molar-refractivity contribution in [2.24, 2.45) is 0 Å². The van der Waals surface area contributed by atoms with Crippen molar-refractivity contribution in [1.29, 1.82) is 0 Å². The van der Waals surface area contributed by atoms with Crippen LogP contribution < -0.4 is 0 Å². The first kappa shape index (κ1) is 27.1. The van der Waals surface area contributed by atoms with Crippen LogP contribution in [0, 0.1) is 0 Å². The van der Waals surface area contributed by atoms with E-state index in [-0.39, 0.29) is 39.6 Å². The number of hydrogen-bond acceptors (Lipinski definition) is 6. The Morgan fingerprint density at radius 2 is 0.741 bits per heavy atom. The molecule has 0 fully saturated rings. The van der Waals surface area contributed by atoms with Crippen molar-refractivity contribution < 1.29 is 35.3 Å². The van der Waals surface area contributed by atoms with Crippen LogP contribution in [0.4, 0.5) is 8.78 Å². The van der Waals surface area contributed by atoms with Gasteiger partial charge < -0.3 is 26.6 Å². The van der Waals surface area contributed by atoms with Crippen LogP contribution in [0.25, 0.3) is 0 Å². The van der Waals surface area contributed by atoms with Gasteiger partial charge in [-0.05, 0) is 41.5 Å². The van der Waals surface area contributed by atoms with Gasteiger partial charge in [-0.25, -0.2) is 8.78 Å². The van der Waals surface area contributed by atoms with Crippen LogP contribution in [0.15, 0.2) is 0 Å². The zero-order valence-corrected chi connectivity index (χ0v) is 20.1. The van der Waals surface area contributed by atoms with E-state index in [1.165, 1.54) is 13.8 Å². The molecule has 2 atom stereocenters. The van der Waals surface area contributed by atoms with Crippen molar-refractivity contribution in [3.05, 3.63) is 0 Å². The van der Waals surface area contributed by atoms with Crippen molar-refractivity contribution >= 4 is 17.6 Å². The molecule has 0 aliphatic carbocycles. The molecule has 0 radical (unpaired) electrons. The Bertz CT molecular complexity index is 336. The molecule has 0 aromatic heterocycles. The van der Waals surface area contributed by atoms with E-state index in [4.69, 9.17) is 26.6 Å². The second-order valence-corrected chi connectivity index (χ2v) is 11.8. The lowest BCUT2D eigenvalue weighted by atomic mass is 10.2. The zero-order valence-electron chi connectivity index (χ0n) is 18.1. The van der Waals surface area contributed by atoms with Crippen LogP contribution in [0.3, 0.4) is 0 Å². The Balaban J connectivity index is 6.03. The first-order valence-electron chi connectivity index (χ1n) is 9.89. The maximum atomic E-state index is 15.7. The molecular weight excluding hydrogens is 394 g/mol. The van der Waals surface area contributed by atoms with E-state index in [1.807, 2.05) is 0 Å². The molecule has 2 unspecified atom stereocenters. The molecule has 0 heterocycles. The molecule has 0 aromatic carbocycles. The van der Waals surface area contributed by atoms with Gasteiger partial charge in [0.25, 0.3) is 5.92 Å². The average Bonchev–Trinajstić information content (AvgIpc) is 2.61. The third kappa shape index (κ3) is 6.53. The van der Waals surface area contributed by atoms with Gasteiger partial charge in [0.15, 0.2) is 0 Å². The summed E-state index contributed by atoms with van der Waals surface area (Å²) in [5.41, 5.74) is -2.57. The molecule has 0 aliphatic heterocycles. The van der Waals surface area contributed by atoms with Crippen molar-refractivity contribution in [3.63, 3.8) is 0 Å². The maximum absolute atomic E-state index is 15.7. The standard InChI is InChI=1S/C17H38F2O6Si2/c1-9-20-26(21-10-2,22-11-3)15(7)17(18,19)16(8)27(23-12-4,24-13-5)25-14-6/h15-16H,9-14H2,1-8H3. The Labute approximate surface area is 165 Å². The fourth-order valence-corrected chi connectivity index (χ4v) is 9.08. The molecule has 27 heavy (non-hydrogen) atoms. The lowest BCUT2D eigenvalue weighted by molar-refractivity contribution is -0.0670. The molecule has 0 amide bonds.